The van der Waals surface area contributed by atoms with E-state index in [1.54, 1.807) is 24.3 Å². The fourth-order valence-corrected chi connectivity index (χ4v) is 2.81. The van der Waals surface area contributed by atoms with Crippen molar-refractivity contribution in [3.05, 3.63) is 58.9 Å². The molecule has 0 aliphatic heterocycles. The van der Waals surface area contributed by atoms with Crippen LogP contribution in [-0.2, 0) is 0 Å². The second kappa shape index (κ2) is 8.05. The van der Waals surface area contributed by atoms with E-state index in [9.17, 15) is 4.39 Å². The molecule has 0 aliphatic rings. The highest BCUT2D eigenvalue weighted by Crippen LogP contribution is 2.32. The first-order valence-electron chi connectivity index (χ1n) is 9.05. The maximum Gasteiger partial charge on any atom is 0.328 e. The van der Waals surface area contributed by atoms with E-state index in [0.717, 1.165) is 12.0 Å². The van der Waals surface area contributed by atoms with Gasteiger partial charge in [-0.2, -0.15) is 9.97 Å². The van der Waals surface area contributed by atoms with E-state index < -0.39 is 5.82 Å². The van der Waals surface area contributed by atoms with E-state index in [1.165, 1.54) is 12.1 Å². The van der Waals surface area contributed by atoms with Crippen LogP contribution in [0.4, 0.5) is 4.39 Å². The molecule has 0 bridgehead atoms. The van der Waals surface area contributed by atoms with Crippen molar-refractivity contribution < 1.29 is 18.3 Å². The molecule has 0 amide bonds. The summed E-state index contributed by atoms with van der Waals surface area (Å²) in [6, 6.07) is 11.3. The van der Waals surface area contributed by atoms with Gasteiger partial charge in [0.25, 0.3) is 11.6 Å². The number of rotatable bonds is 6. The summed E-state index contributed by atoms with van der Waals surface area (Å²) in [7, 11) is 0. The van der Waals surface area contributed by atoms with Crippen molar-refractivity contribution >= 4 is 22.8 Å². The average Bonchev–Trinajstić information content (AvgIpc) is 3.13. The van der Waals surface area contributed by atoms with Gasteiger partial charge in [-0.3, -0.25) is 0 Å². The second-order valence-corrected chi connectivity index (χ2v) is 6.79. The number of aryl methyl sites for hydroxylation is 1. The summed E-state index contributed by atoms with van der Waals surface area (Å²) in [5.41, 5.74) is 1.87. The molecule has 29 heavy (non-hydrogen) atoms. The van der Waals surface area contributed by atoms with Crippen LogP contribution in [0.15, 0.2) is 46.9 Å². The van der Waals surface area contributed by atoms with E-state index in [-0.39, 0.29) is 23.5 Å². The van der Waals surface area contributed by atoms with Gasteiger partial charge in [-0.05, 0) is 49.2 Å². The standard InChI is InChI=1S/C21H17ClFN3O3/c1-3-9-27-19-17-20(29-18(24-17)13-5-4-6-15(23)10-13)26-21(25-19)28-16-11-14(22)8-7-12(16)2/h4-8,10-11H,3,9H2,1-2H3. The van der Waals surface area contributed by atoms with Gasteiger partial charge in [0.15, 0.2) is 5.52 Å². The Balaban J connectivity index is 1.78. The van der Waals surface area contributed by atoms with Gasteiger partial charge in [-0.25, -0.2) is 9.37 Å². The van der Waals surface area contributed by atoms with E-state index in [0.29, 0.717) is 28.5 Å². The van der Waals surface area contributed by atoms with Crippen molar-refractivity contribution in [3.63, 3.8) is 0 Å². The van der Waals surface area contributed by atoms with Crippen molar-refractivity contribution in [2.45, 2.75) is 20.3 Å². The first-order valence-corrected chi connectivity index (χ1v) is 9.42. The van der Waals surface area contributed by atoms with E-state index in [4.69, 9.17) is 25.5 Å². The number of hydrogen-bond donors (Lipinski definition) is 0. The van der Waals surface area contributed by atoms with Crippen LogP contribution in [-0.4, -0.2) is 21.6 Å². The molecule has 2 aromatic heterocycles. The van der Waals surface area contributed by atoms with Crippen LogP contribution in [0.2, 0.25) is 5.02 Å². The van der Waals surface area contributed by atoms with Crippen LogP contribution < -0.4 is 9.47 Å². The van der Waals surface area contributed by atoms with Crippen molar-refractivity contribution in [3.8, 4) is 29.1 Å². The molecule has 0 N–H and O–H groups in total. The molecule has 0 fully saturated rings. The van der Waals surface area contributed by atoms with Gasteiger partial charge in [-0.1, -0.05) is 30.7 Å². The highest BCUT2D eigenvalue weighted by atomic mass is 35.5. The predicted octanol–water partition coefficient (Wildman–Crippen LogP) is 5.97. The average molecular weight is 414 g/mol. The van der Waals surface area contributed by atoms with Crippen molar-refractivity contribution in [2.75, 3.05) is 6.61 Å². The number of hydrogen-bond acceptors (Lipinski definition) is 6. The maximum absolute atomic E-state index is 13.6. The molecule has 0 spiro atoms. The fraction of sp³-hybridized carbons (Fsp3) is 0.190. The number of aromatic nitrogens is 3. The Hall–Kier alpha value is -3.19. The number of oxazole rings is 1. The molecule has 0 aliphatic carbocycles. The van der Waals surface area contributed by atoms with Gasteiger partial charge in [0.1, 0.15) is 11.6 Å². The van der Waals surface area contributed by atoms with Crippen LogP contribution in [0.5, 0.6) is 17.6 Å². The highest BCUT2D eigenvalue weighted by molar-refractivity contribution is 6.30. The highest BCUT2D eigenvalue weighted by Gasteiger charge is 2.19. The third kappa shape index (κ3) is 4.14. The van der Waals surface area contributed by atoms with Gasteiger partial charge in [0.2, 0.25) is 5.89 Å². The molecule has 0 radical (unpaired) electrons. The third-order valence-corrected chi connectivity index (χ3v) is 4.31. The lowest BCUT2D eigenvalue weighted by Crippen LogP contribution is -2.01. The van der Waals surface area contributed by atoms with Crippen LogP contribution in [0, 0.1) is 12.7 Å². The molecule has 2 aromatic carbocycles. The summed E-state index contributed by atoms with van der Waals surface area (Å²) < 4.78 is 30.9. The van der Waals surface area contributed by atoms with Gasteiger partial charge < -0.3 is 13.9 Å². The number of ether oxygens (including phenoxy) is 2. The van der Waals surface area contributed by atoms with Crippen LogP contribution in [0.1, 0.15) is 18.9 Å². The molecule has 4 rings (SSSR count). The van der Waals surface area contributed by atoms with E-state index >= 15 is 0 Å². The summed E-state index contributed by atoms with van der Waals surface area (Å²) in [6.45, 7) is 4.30. The summed E-state index contributed by atoms with van der Waals surface area (Å²) >= 11 is 6.06. The molecule has 0 saturated carbocycles. The minimum absolute atomic E-state index is 0.0379. The molecular formula is C21H17ClFN3O3. The first kappa shape index (κ1) is 19.1. The number of benzene rings is 2. The smallest absolute Gasteiger partial charge is 0.328 e. The molecule has 6 nitrogen and oxygen atoms in total. The Labute approximate surface area is 171 Å². The quantitative estimate of drug-likeness (QED) is 0.388. The monoisotopic (exact) mass is 413 g/mol. The van der Waals surface area contributed by atoms with Crippen molar-refractivity contribution in [2.24, 2.45) is 0 Å². The SMILES string of the molecule is CCCOc1nc(Oc2cc(Cl)ccc2C)nc2oc(-c3cccc(F)c3)nc12. The topological polar surface area (TPSA) is 70.3 Å². The zero-order valence-corrected chi connectivity index (χ0v) is 16.5. The van der Waals surface area contributed by atoms with Crippen LogP contribution >= 0.6 is 11.6 Å². The van der Waals surface area contributed by atoms with Crippen molar-refractivity contribution in [1.82, 2.24) is 15.0 Å². The second-order valence-electron chi connectivity index (χ2n) is 6.35. The van der Waals surface area contributed by atoms with Gasteiger partial charge in [0.05, 0.1) is 6.61 Å². The predicted molar refractivity (Wildman–Crippen MR) is 107 cm³/mol. The molecule has 148 valence electrons. The Kier molecular flexibility index (Phi) is 5.31. The lowest BCUT2D eigenvalue weighted by atomic mass is 10.2. The van der Waals surface area contributed by atoms with Crippen LogP contribution in [0.25, 0.3) is 22.7 Å². The summed E-state index contributed by atoms with van der Waals surface area (Å²) in [5.74, 6) is 0.575. The summed E-state index contributed by atoms with van der Waals surface area (Å²) in [5, 5.41) is 0.530. The van der Waals surface area contributed by atoms with E-state index in [2.05, 4.69) is 15.0 Å². The van der Waals surface area contributed by atoms with Gasteiger partial charge in [-0.15, -0.1) is 0 Å². The lowest BCUT2D eigenvalue weighted by Gasteiger charge is -2.09. The molecule has 8 heteroatoms. The van der Waals surface area contributed by atoms with Gasteiger partial charge in [0, 0.05) is 10.6 Å². The normalized spacial score (nSPS) is 11.0. The maximum atomic E-state index is 13.6. The Bertz CT molecular complexity index is 1180. The van der Waals surface area contributed by atoms with Gasteiger partial charge >= 0.3 is 6.01 Å². The lowest BCUT2D eigenvalue weighted by molar-refractivity contribution is 0.302. The first-order chi connectivity index (χ1) is 14.0. The molecular weight excluding hydrogens is 397 g/mol. The molecule has 4 aromatic rings. The summed E-state index contributed by atoms with van der Waals surface area (Å²) in [4.78, 5) is 13.0. The molecule has 0 saturated heterocycles. The zero-order valence-electron chi connectivity index (χ0n) is 15.8. The summed E-state index contributed by atoms with van der Waals surface area (Å²) in [6.07, 6.45) is 0.781. The zero-order chi connectivity index (χ0) is 20.4. The Morgan fingerprint density at radius 3 is 2.76 bits per heavy atom. The number of nitrogens with zero attached hydrogens (tertiary/aromatic N) is 3. The molecule has 0 unspecified atom stereocenters. The number of fused-ring (bicyclic) bond motifs is 1. The number of halogens is 2. The molecule has 0 atom stereocenters. The Morgan fingerprint density at radius 1 is 1.10 bits per heavy atom. The minimum atomic E-state index is -0.390. The van der Waals surface area contributed by atoms with Crippen LogP contribution in [0.3, 0.4) is 0 Å². The third-order valence-electron chi connectivity index (χ3n) is 4.07. The molecule has 2 heterocycles. The van der Waals surface area contributed by atoms with E-state index in [1.807, 2.05) is 19.9 Å². The Morgan fingerprint density at radius 2 is 1.97 bits per heavy atom. The largest absolute Gasteiger partial charge is 0.476 e. The minimum Gasteiger partial charge on any atom is -0.476 e. The fourth-order valence-electron chi connectivity index (χ4n) is 2.65. The van der Waals surface area contributed by atoms with Crippen molar-refractivity contribution in [1.29, 1.82) is 0 Å².